The number of amides is 2. The average Bonchev–Trinajstić information content (AvgIpc) is 3.20. The van der Waals surface area contributed by atoms with Crippen molar-refractivity contribution in [2.24, 2.45) is 0 Å². The molecule has 24 heavy (non-hydrogen) atoms. The molecule has 0 saturated carbocycles. The summed E-state index contributed by atoms with van der Waals surface area (Å²) in [7, 11) is 0. The van der Waals surface area contributed by atoms with Gasteiger partial charge in [-0.15, -0.1) is 0 Å². The summed E-state index contributed by atoms with van der Waals surface area (Å²) in [5, 5.41) is 2.85. The molecule has 0 spiro atoms. The van der Waals surface area contributed by atoms with Crippen LogP contribution in [0.2, 0.25) is 0 Å². The molecule has 1 heterocycles. The van der Waals surface area contributed by atoms with Gasteiger partial charge in [0.1, 0.15) is 0 Å². The number of fused-ring (bicyclic) bond motifs is 2. The molecule has 4 rings (SSSR count). The molecule has 1 aliphatic heterocycles. The summed E-state index contributed by atoms with van der Waals surface area (Å²) < 4.78 is 0. The predicted molar refractivity (Wildman–Crippen MR) is 94.6 cm³/mol. The molecule has 0 atom stereocenters. The quantitative estimate of drug-likeness (QED) is 0.922. The molecule has 4 heteroatoms. The van der Waals surface area contributed by atoms with Crippen LogP contribution < -0.4 is 10.2 Å². The molecule has 2 aliphatic rings. The lowest BCUT2D eigenvalue weighted by Crippen LogP contribution is -2.29. The number of anilines is 2. The Balaban J connectivity index is 1.70. The Morgan fingerprint density at radius 3 is 2.67 bits per heavy atom. The maximum Gasteiger partial charge on any atom is 0.258 e. The summed E-state index contributed by atoms with van der Waals surface area (Å²) in [6.45, 7) is 2.14. The Morgan fingerprint density at radius 2 is 1.83 bits per heavy atom. The van der Waals surface area contributed by atoms with Gasteiger partial charge in [-0.3, -0.25) is 9.59 Å². The second-order valence-corrected chi connectivity index (χ2v) is 6.54. The third-order valence-corrected chi connectivity index (χ3v) is 4.90. The van der Waals surface area contributed by atoms with Gasteiger partial charge in [-0.05, 0) is 60.6 Å². The highest BCUT2D eigenvalue weighted by molar-refractivity contribution is 6.10. The van der Waals surface area contributed by atoms with Crippen LogP contribution in [0.5, 0.6) is 0 Å². The smallest absolute Gasteiger partial charge is 0.258 e. The summed E-state index contributed by atoms with van der Waals surface area (Å²) in [4.78, 5) is 26.3. The highest BCUT2D eigenvalue weighted by Crippen LogP contribution is 2.36. The zero-order valence-corrected chi connectivity index (χ0v) is 13.8. The fraction of sp³-hybridized carbons (Fsp3) is 0.300. The third-order valence-electron chi connectivity index (χ3n) is 4.90. The van der Waals surface area contributed by atoms with Crippen LogP contribution in [0.25, 0.3) is 0 Å². The van der Waals surface area contributed by atoms with E-state index < -0.39 is 0 Å². The molecule has 1 aliphatic carbocycles. The molecule has 0 fully saturated rings. The van der Waals surface area contributed by atoms with E-state index in [2.05, 4.69) is 11.4 Å². The molecule has 4 nitrogen and oxygen atoms in total. The predicted octanol–water partition coefficient (Wildman–Crippen LogP) is 3.34. The Labute approximate surface area is 141 Å². The van der Waals surface area contributed by atoms with Crippen LogP contribution in [0, 0.1) is 0 Å². The maximum absolute atomic E-state index is 13.1. The molecular weight excluding hydrogens is 300 g/mol. The lowest BCUT2D eigenvalue weighted by Gasteiger charge is -2.21. The minimum Gasteiger partial charge on any atom is -0.325 e. The van der Waals surface area contributed by atoms with Gasteiger partial charge in [-0.2, -0.15) is 0 Å². The first-order valence-electron chi connectivity index (χ1n) is 8.46. The SMILES string of the molecule is CC(=O)Nc1cccc2c1N(C(=O)c1ccc3c(c1)CCC3)CC2. The van der Waals surface area contributed by atoms with Crippen molar-refractivity contribution in [1.82, 2.24) is 0 Å². The molecule has 0 radical (unpaired) electrons. The molecule has 0 unspecified atom stereocenters. The van der Waals surface area contributed by atoms with Crippen LogP contribution in [0.4, 0.5) is 11.4 Å². The number of para-hydroxylation sites is 1. The highest BCUT2D eigenvalue weighted by Gasteiger charge is 2.29. The molecule has 2 aromatic rings. The first-order chi connectivity index (χ1) is 11.6. The standard InChI is InChI=1S/C20H20N2O2/c1-13(23)21-18-7-3-5-15-10-11-22(19(15)18)20(24)17-9-8-14-4-2-6-16(14)12-17/h3,5,7-9,12H,2,4,6,10-11H2,1H3,(H,21,23). The van der Waals surface area contributed by atoms with Gasteiger partial charge in [-0.25, -0.2) is 0 Å². The molecule has 0 bridgehead atoms. The van der Waals surface area contributed by atoms with E-state index in [4.69, 9.17) is 0 Å². The van der Waals surface area contributed by atoms with E-state index in [1.165, 1.54) is 24.5 Å². The monoisotopic (exact) mass is 320 g/mol. The summed E-state index contributed by atoms with van der Waals surface area (Å²) >= 11 is 0. The van der Waals surface area contributed by atoms with Gasteiger partial charge in [0, 0.05) is 19.0 Å². The number of nitrogens with one attached hydrogen (secondary N) is 1. The number of nitrogens with zero attached hydrogens (tertiary/aromatic N) is 1. The second-order valence-electron chi connectivity index (χ2n) is 6.54. The Bertz CT molecular complexity index is 842. The van der Waals surface area contributed by atoms with Crippen molar-refractivity contribution in [3.05, 3.63) is 58.7 Å². The van der Waals surface area contributed by atoms with Gasteiger partial charge in [0.25, 0.3) is 5.91 Å². The molecule has 1 N–H and O–H groups in total. The lowest BCUT2D eigenvalue weighted by molar-refractivity contribution is -0.114. The molecule has 2 amide bonds. The van der Waals surface area contributed by atoms with Crippen LogP contribution >= 0.6 is 0 Å². The number of aryl methyl sites for hydroxylation is 2. The molecule has 0 aromatic heterocycles. The molecule has 0 saturated heterocycles. The molecule has 122 valence electrons. The first-order valence-corrected chi connectivity index (χ1v) is 8.46. The van der Waals surface area contributed by atoms with E-state index >= 15 is 0 Å². The summed E-state index contributed by atoms with van der Waals surface area (Å²) in [5.74, 6) is -0.110. The Morgan fingerprint density at radius 1 is 1.00 bits per heavy atom. The van der Waals surface area contributed by atoms with Gasteiger partial charge in [0.15, 0.2) is 0 Å². The lowest BCUT2D eigenvalue weighted by atomic mass is 10.1. The van der Waals surface area contributed by atoms with Crippen molar-refractivity contribution >= 4 is 23.2 Å². The zero-order chi connectivity index (χ0) is 16.7. The van der Waals surface area contributed by atoms with E-state index in [9.17, 15) is 9.59 Å². The van der Waals surface area contributed by atoms with Crippen LogP contribution in [0.3, 0.4) is 0 Å². The van der Waals surface area contributed by atoms with Crippen molar-refractivity contribution in [1.29, 1.82) is 0 Å². The number of benzene rings is 2. The number of rotatable bonds is 2. The van der Waals surface area contributed by atoms with Crippen LogP contribution in [0.1, 0.15) is 40.4 Å². The number of hydrogen-bond donors (Lipinski definition) is 1. The van der Waals surface area contributed by atoms with Crippen LogP contribution in [0.15, 0.2) is 36.4 Å². The van der Waals surface area contributed by atoms with Gasteiger partial charge >= 0.3 is 0 Å². The van der Waals surface area contributed by atoms with Gasteiger partial charge in [-0.1, -0.05) is 18.2 Å². The minimum absolute atomic E-state index is 0.0150. The van der Waals surface area contributed by atoms with E-state index in [0.29, 0.717) is 12.2 Å². The number of carbonyl (C=O) groups is 2. The number of hydrogen-bond acceptors (Lipinski definition) is 2. The fourth-order valence-electron chi connectivity index (χ4n) is 3.81. The molecular formula is C20H20N2O2. The Kier molecular flexibility index (Phi) is 3.60. The normalized spacial score (nSPS) is 15.1. The van der Waals surface area contributed by atoms with Crippen molar-refractivity contribution in [2.45, 2.75) is 32.6 Å². The number of carbonyl (C=O) groups excluding carboxylic acids is 2. The second kappa shape index (κ2) is 5.78. The topological polar surface area (TPSA) is 49.4 Å². The van der Waals surface area contributed by atoms with Crippen molar-refractivity contribution in [3.63, 3.8) is 0 Å². The van der Waals surface area contributed by atoms with Gasteiger partial charge in [0.05, 0.1) is 11.4 Å². The van der Waals surface area contributed by atoms with E-state index in [1.807, 2.05) is 30.3 Å². The van der Waals surface area contributed by atoms with E-state index in [1.54, 1.807) is 4.90 Å². The summed E-state index contributed by atoms with van der Waals surface area (Å²) in [6.07, 6.45) is 4.17. The van der Waals surface area contributed by atoms with Crippen molar-refractivity contribution in [3.8, 4) is 0 Å². The van der Waals surface area contributed by atoms with Crippen LogP contribution in [-0.2, 0) is 24.1 Å². The fourth-order valence-corrected chi connectivity index (χ4v) is 3.81. The average molecular weight is 320 g/mol. The first kappa shape index (κ1) is 14.9. The van der Waals surface area contributed by atoms with E-state index in [0.717, 1.165) is 36.1 Å². The zero-order valence-electron chi connectivity index (χ0n) is 13.8. The van der Waals surface area contributed by atoms with Gasteiger partial charge < -0.3 is 10.2 Å². The highest BCUT2D eigenvalue weighted by atomic mass is 16.2. The summed E-state index contributed by atoms with van der Waals surface area (Å²) in [6, 6.07) is 11.9. The minimum atomic E-state index is -0.125. The van der Waals surface area contributed by atoms with Gasteiger partial charge in [0.2, 0.25) is 5.91 Å². The Hall–Kier alpha value is -2.62. The maximum atomic E-state index is 13.1. The van der Waals surface area contributed by atoms with Crippen molar-refractivity contribution in [2.75, 3.05) is 16.8 Å². The molecule has 2 aromatic carbocycles. The largest absolute Gasteiger partial charge is 0.325 e. The van der Waals surface area contributed by atoms with Crippen molar-refractivity contribution < 1.29 is 9.59 Å². The summed E-state index contributed by atoms with van der Waals surface area (Å²) in [5.41, 5.74) is 6.07. The van der Waals surface area contributed by atoms with E-state index in [-0.39, 0.29) is 11.8 Å². The third kappa shape index (κ3) is 2.48. The van der Waals surface area contributed by atoms with Crippen LogP contribution in [-0.4, -0.2) is 18.4 Å².